The minimum Gasteiger partial charge on any atom is -0.478 e. The van der Waals surface area contributed by atoms with E-state index in [1.54, 1.807) is 13.1 Å². The second kappa shape index (κ2) is 11.5. The van der Waals surface area contributed by atoms with Gasteiger partial charge in [-0.25, -0.2) is 9.89 Å². The van der Waals surface area contributed by atoms with Gasteiger partial charge in [0.1, 0.15) is 0 Å². The predicted molar refractivity (Wildman–Crippen MR) is 140 cm³/mol. The molecule has 0 saturated carbocycles. The maximum Gasteiger partial charge on any atom is 0.328 e. The Hall–Kier alpha value is -3.55. The van der Waals surface area contributed by atoms with Crippen molar-refractivity contribution in [3.05, 3.63) is 52.8 Å². The lowest BCUT2D eigenvalue weighted by Gasteiger charge is -2.48. The van der Waals surface area contributed by atoms with E-state index in [1.165, 1.54) is 16.4 Å². The summed E-state index contributed by atoms with van der Waals surface area (Å²) in [5.74, 6) is 0.338. The van der Waals surface area contributed by atoms with Crippen molar-refractivity contribution in [2.24, 2.45) is 7.05 Å². The van der Waals surface area contributed by atoms with Gasteiger partial charge in [0.2, 0.25) is 11.9 Å². The zero-order valence-electron chi connectivity index (χ0n) is 21.0. The maximum atomic E-state index is 11.4. The number of hydrogen-bond acceptors (Lipinski definition) is 10. The Bertz CT molecular complexity index is 1260. The first kappa shape index (κ1) is 26.1. The standard InChI is InChI=1S/C24H31ClN10O3/c1-33-31-21(28-32-33)12-20-13-35(19(14-38-20)10-15-2-4-16(25)5-3-15)18-8-9-34(24-27-23(26)29-30-24)17(11-18)6-7-22(36)37/h2-7,17-20H,8-14H2,1H3,(H,36,37)(H3,26,27,29,30)/b7-6+/t17?,18?,19-,20-/m0/s1. The molecule has 14 heteroatoms. The molecule has 2 aliphatic rings. The number of aryl methyl sites for hydroxylation is 1. The Morgan fingerprint density at radius 1 is 1.32 bits per heavy atom. The number of nitrogens with zero attached hydrogens (tertiary/aromatic N) is 8. The molecule has 4 N–H and O–H groups in total. The average Bonchev–Trinajstić information content (AvgIpc) is 3.52. The molecule has 2 fully saturated rings. The number of nitrogens with two attached hydrogens (primary N) is 1. The number of aliphatic carboxylic acids is 1. The number of H-pyrrole nitrogens is 1. The number of aromatic amines is 1. The van der Waals surface area contributed by atoms with Gasteiger partial charge < -0.3 is 20.5 Å². The van der Waals surface area contributed by atoms with E-state index in [0.717, 1.165) is 12.8 Å². The van der Waals surface area contributed by atoms with Crippen molar-refractivity contribution in [3.63, 3.8) is 0 Å². The largest absolute Gasteiger partial charge is 0.478 e. The average molecular weight is 543 g/mol. The summed E-state index contributed by atoms with van der Waals surface area (Å²) in [4.78, 5) is 21.6. The minimum atomic E-state index is -0.995. The summed E-state index contributed by atoms with van der Waals surface area (Å²) < 4.78 is 6.29. The van der Waals surface area contributed by atoms with Crippen LogP contribution in [0.5, 0.6) is 0 Å². The molecule has 2 unspecified atom stereocenters. The van der Waals surface area contributed by atoms with Gasteiger partial charge in [0.25, 0.3) is 0 Å². The van der Waals surface area contributed by atoms with Crippen LogP contribution in [0.4, 0.5) is 11.9 Å². The third kappa shape index (κ3) is 6.29. The number of anilines is 2. The second-order valence-electron chi connectivity index (χ2n) is 9.69. The molecule has 13 nitrogen and oxygen atoms in total. The number of morpholine rings is 1. The van der Waals surface area contributed by atoms with Gasteiger partial charge in [0, 0.05) is 42.7 Å². The van der Waals surface area contributed by atoms with E-state index in [4.69, 9.17) is 22.1 Å². The number of ether oxygens (including phenoxy) is 1. The third-order valence-electron chi connectivity index (χ3n) is 7.05. The number of carboxylic acid groups (broad SMARTS) is 1. The number of rotatable bonds is 8. The van der Waals surface area contributed by atoms with Crippen LogP contribution in [0.2, 0.25) is 5.02 Å². The fraction of sp³-hybridized carbons (Fsp3) is 0.500. The van der Waals surface area contributed by atoms with E-state index in [-0.39, 0.29) is 30.2 Å². The highest BCUT2D eigenvalue weighted by molar-refractivity contribution is 6.30. The van der Waals surface area contributed by atoms with Gasteiger partial charge in [-0.15, -0.1) is 15.3 Å². The Balaban J connectivity index is 1.37. The van der Waals surface area contributed by atoms with E-state index < -0.39 is 5.97 Å². The Labute approximate surface area is 224 Å². The highest BCUT2D eigenvalue weighted by atomic mass is 35.5. The number of nitrogen functional groups attached to an aromatic ring is 1. The Kier molecular flexibility index (Phi) is 7.86. The zero-order chi connectivity index (χ0) is 26.6. The lowest BCUT2D eigenvalue weighted by atomic mass is 9.91. The lowest BCUT2D eigenvalue weighted by molar-refractivity contribution is -0.131. The van der Waals surface area contributed by atoms with Gasteiger partial charge in [-0.1, -0.05) is 29.8 Å². The van der Waals surface area contributed by atoms with Gasteiger partial charge in [0.15, 0.2) is 5.82 Å². The number of piperidine rings is 1. The van der Waals surface area contributed by atoms with Crippen molar-refractivity contribution < 1.29 is 14.6 Å². The van der Waals surface area contributed by atoms with Crippen molar-refractivity contribution in [1.82, 2.24) is 40.3 Å². The van der Waals surface area contributed by atoms with Gasteiger partial charge in [-0.2, -0.15) is 9.78 Å². The van der Waals surface area contributed by atoms with E-state index in [9.17, 15) is 9.90 Å². The molecule has 0 amide bonds. The first-order valence-electron chi connectivity index (χ1n) is 12.5. The van der Waals surface area contributed by atoms with Crippen LogP contribution in [0.25, 0.3) is 0 Å². The second-order valence-corrected chi connectivity index (χ2v) is 10.1. The Morgan fingerprint density at radius 2 is 2.13 bits per heavy atom. The first-order chi connectivity index (χ1) is 18.3. The molecule has 2 saturated heterocycles. The van der Waals surface area contributed by atoms with Crippen LogP contribution < -0.4 is 10.6 Å². The van der Waals surface area contributed by atoms with Gasteiger partial charge in [-0.3, -0.25) is 4.90 Å². The first-order valence-corrected chi connectivity index (χ1v) is 12.9. The molecule has 5 rings (SSSR count). The molecular weight excluding hydrogens is 512 g/mol. The number of aromatic nitrogens is 7. The predicted octanol–water partition coefficient (Wildman–Crippen LogP) is 1.10. The van der Waals surface area contributed by atoms with E-state index in [0.29, 0.717) is 49.3 Å². The molecule has 38 heavy (non-hydrogen) atoms. The van der Waals surface area contributed by atoms with Crippen molar-refractivity contribution in [1.29, 1.82) is 0 Å². The van der Waals surface area contributed by atoms with Crippen LogP contribution in [-0.4, -0.2) is 95.3 Å². The van der Waals surface area contributed by atoms with Crippen LogP contribution >= 0.6 is 11.6 Å². The molecule has 1 aromatic carbocycles. The third-order valence-corrected chi connectivity index (χ3v) is 7.30. The number of halogens is 1. The molecule has 2 aromatic heterocycles. The van der Waals surface area contributed by atoms with Crippen LogP contribution in [-0.2, 0) is 29.4 Å². The smallest absolute Gasteiger partial charge is 0.328 e. The van der Waals surface area contributed by atoms with Gasteiger partial charge in [0.05, 0.1) is 25.8 Å². The number of carboxylic acids is 1. The fourth-order valence-corrected chi connectivity index (χ4v) is 5.45. The quantitative estimate of drug-likeness (QED) is 0.349. The molecule has 0 radical (unpaired) electrons. The topological polar surface area (TPSA) is 164 Å². The summed E-state index contributed by atoms with van der Waals surface area (Å²) in [5, 5.41) is 29.3. The molecule has 3 aromatic rings. The highest BCUT2D eigenvalue weighted by Gasteiger charge is 2.39. The van der Waals surface area contributed by atoms with Gasteiger partial charge >= 0.3 is 5.97 Å². The van der Waals surface area contributed by atoms with Crippen LogP contribution in [0.15, 0.2) is 36.4 Å². The number of hydrogen-bond donors (Lipinski definition) is 3. The molecule has 2 aliphatic heterocycles. The molecule has 202 valence electrons. The van der Waals surface area contributed by atoms with Crippen LogP contribution in [0.3, 0.4) is 0 Å². The number of tetrazole rings is 1. The van der Waals surface area contributed by atoms with Crippen molar-refractivity contribution in [2.45, 2.75) is 49.9 Å². The van der Waals surface area contributed by atoms with Crippen LogP contribution in [0, 0.1) is 0 Å². The molecule has 0 bridgehead atoms. The summed E-state index contributed by atoms with van der Waals surface area (Å²) in [6.45, 7) is 1.91. The van der Waals surface area contributed by atoms with Gasteiger partial charge in [-0.05, 0) is 42.2 Å². The van der Waals surface area contributed by atoms with Crippen molar-refractivity contribution >= 4 is 29.5 Å². The molecule has 4 atom stereocenters. The minimum absolute atomic E-state index is 0.0838. The number of nitrogens with one attached hydrogen (secondary N) is 1. The summed E-state index contributed by atoms with van der Waals surface area (Å²) >= 11 is 6.11. The monoisotopic (exact) mass is 542 g/mol. The fourth-order valence-electron chi connectivity index (χ4n) is 5.32. The van der Waals surface area contributed by atoms with E-state index in [2.05, 4.69) is 35.5 Å². The van der Waals surface area contributed by atoms with Crippen LogP contribution in [0.1, 0.15) is 24.2 Å². The van der Waals surface area contributed by atoms with Crippen molar-refractivity contribution in [2.75, 3.05) is 30.3 Å². The number of benzene rings is 1. The summed E-state index contributed by atoms with van der Waals surface area (Å²) in [6.07, 6.45) is 5.72. The molecule has 0 spiro atoms. The SMILES string of the molecule is Cn1nnc(C[C@H]2CN(C3CCN(c4n[nH]c(N)n4)C(/C=C/C(=O)O)C3)[C@@H](Cc3ccc(Cl)cc3)CO2)n1. The zero-order valence-corrected chi connectivity index (χ0v) is 21.8. The highest BCUT2D eigenvalue weighted by Crippen LogP contribution is 2.30. The summed E-state index contributed by atoms with van der Waals surface area (Å²) in [5.41, 5.74) is 6.94. The summed E-state index contributed by atoms with van der Waals surface area (Å²) in [7, 11) is 1.74. The van der Waals surface area contributed by atoms with E-state index >= 15 is 0 Å². The Morgan fingerprint density at radius 3 is 2.82 bits per heavy atom. The van der Waals surface area contributed by atoms with Crippen molar-refractivity contribution in [3.8, 4) is 0 Å². The lowest BCUT2D eigenvalue weighted by Crippen LogP contribution is -2.59. The molecule has 4 heterocycles. The van der Waals surface area contributed by atoms with E-state index in [1.807, 2.05) is 29.2 Å². The molecular formula is C24H31ClN10O3. The number of carbonyl (C=O) groups is 1. The summed E-state index contributed by atoms with van der Waals surface area (Å²) in [6, 6.07) is 8.02. The normalized spacial score (nSPS) is 24.7. The maximum absolute atomic E-state index is 11.4. The molecule has 0 aliphatic carbocycles.